The summed E-state index contributed by atoms with van der Waals surface area (Å²) in [6, 6.07) is 9.63. The lowest BCUT2D eigenvalue weighted by molar-refractivity contribution is 0.415. The third kappa shape index (κ3) is 2.86. The number of methoxy groups -OCH3 is 1. The van der Waals surface area contributed by atoms with E-state index in [2.05, 4.69) is 15.1 Å². The molecule has 176 valence electrons. The van der Waals surface area contributed by atoms with Crippen molar-refractivity contribution in [3.05, 3.63) is 67.3 Å². The molecule has 4 N–H and O–H groups in total. The summed E-state index contributed by atoms with van der Waals surface area (Å²) in [7, 11) is 1.54. The van der Waals surface area contributed by atoms with Crippen LogP contribution >= 0.6 is 0 Å². The van der Waals surface area contributed by atoms with Gasteiger partial charge in [-0.1, -0.05) is 0 Å². The van der Waals surface area contributed by atoms with Gasteiger partial charge in [0.05, 0.1) is 29.1 Å². The standard InChI is InChI=1S/C25H20N4O6/c1-10(2)29-23-18(25(33)28-29)17(14-8-11-4-5-12(34-3)9-15(11)26-24(14)32)22-19(27-23)13-6-7-16(30)20(31)21(13)35-22/h4-10,27,31H,1-3H3,(H,26,32)(H,28,33). The van der Waals surface area contributed by atoms with Crippen LogP contribution in [0.5, 0.6) is 11.5 Å². The number of H-pyrrole nitrogens is 3. The number of hydrogen-bond donors (Lipinski definition) is 4. The lowest BCUT2D eigenvalue weighted by atomic mass is 10.0. The van der Waals surface area contributed by atoms with Crippen LogP contribution in [0.4, 0.5) is 0 Å². The predicted octanol–water partition coefficient (Wildman–Crippen LogP) is 3.72. The zero-order valence-corrected chi connectivity index (χ0v) is 19.0. The van der Waals surface area contributed by atoms with Gasteiger partial charge >= 0.3 is 0 Å². The van der Waals surface area contributed by atoms with Gasteiger partial charge in [-0.3, -0.25) is 24.2 Å². The van der Waals surface area contributed by atoms with Crippen molar-refractivity contribution >= 4 is 44.0 Å². The number of fused-ring (bicyclic) bond motifs is 5. The molecule has 0 aliphatic heterocycles. The smallest absolute Gasteiger partial charge is 0.274 e. The molecule has 0 fully saturated rings. The number of aromatic hydroxyl groups is 1. The van der Waals surface area contributed by atoms with Gasteiger partial charge in [0.15, 0.2) is 11.2 Å². The van der Waals surface area contributed by atoms with Gasteiger partial charge in [-0.15, -0.1) is 0 Å². The van der Waals surface area contributed by atoms with Crippen LogP contribution in [0.3, 0.4) is 0 Å². The zero-order chi connectivity index (χ0) is 24.6. The molecule has 4 aromatic heterocycles. The highest BCUT2D eigenvalue weighted by molar-refractivity contribution is 6.15. The summed E-state index contributed by atoms with van der Waals surface area (Å²) in [6.45, 7) is 3.82. The van der Waals surface area contributed by atoms with Crippen molar-refractivity contribution in [1.82, 2.24) is 19.7 Å². The first-order valence-electron chi connectivity index (χ1n) is 10.9. The van der Waals surface area contributed by atoms with Crippen LogP contribution < -0.4 is 21.3 Å². The molecule has 0 spiro atoms. The number of nitrogens with one attached hydrogen (secondary N) is 3. The van der Waals surface area contributed by atoms with E-state index in [1.165, 1.54) is 19.2 Å². The van der Waals surface area contributed by atoms with Crippen LogP contribution in [-0.4, -0.2) is 32.0 Å². The normalized spacial score (nSPS) is 12.0. The van der Waals surface area contributed by atoms with Gasteiger partial charge in [0.2, 0.25) is 11.2 Å². The van der Waals surface area contributed by atoms with E-state index in [0.29, 0.717) is 27.8 Å². The Kier molecular flexibility index (Phi) is 4.25. The molecule has 0 saturated heterocycles. The first-order valence-corrected chi connectivity index (χ1v) is 10.9. The number of rotatable bonds is 3. The average molecular weight is 472 g/mol. The van der Waals surface area contributed by atoms with E-state index in [0.717, 1.165) is 5.39 Å². The molecule has 6 aromatic rings. The number of phenolic OH excluding ortho intramolecular Hbond substituents is 1. The largest absolute Gasteiger partial charge is 0.502 e. The Bertz CT molecular complexity index is 2000. The molecular weight excluding hydrogens is 452 g/mol. The molecule has 0 radical (unpaired) electrons. The van der Waals surface area contributed by atoms with Gasteiger partial charge in [0.1, 0.15) is 11.4 Å². The fourth-order valence-corrected chi connectivity index (χ4v) is 4.60. The van der Waals surface area contributed by atoms with Crippen LogP contribution in [0, 0.1) is 0 Å². The molecule has 0 aliphatic carbocycles. The molecule has 35 heavy (non-hydrogen) atoms. The molecule has 6 rings (SSSR count). The van der Waals surface area contributed by atoms with Crippen LogP contribution in [0.2, 0.25) is 0 Å². The van der Waals surface area contributed by atoms with Gasteiger partial charge in [0, 0.05) is 23.1 Å². The minimum absolute atomic E-state index is 0.0212. The van der Waals surface area contributed by atoms with Gasteiger partial charge in [-0.25, -0.2) is 0 Å². The summed E-state index contributed by atoms with van der Waals surface area (Å²) in [5, 5.41) is 14.6. The Labute approximate surface area is 195 Å². The summed E-state index contributed by atoms with van der Waals surface area (Å²) in [6.07, 6.45) is 0. The van der Waals surface area contributed by atoms with Crippen molar-refractivity contribution in [3.63, 3.8) is 0 Å². The van der Waals surface area contributed by atoms with Gasteiger partial charge < -0.3 is 24.2 Å². The van der Waals surface area contributed by atoms with E-state index in [1.807, 2.05) is 13.8 Å². The Hall–Kier alpha value is -4.73. The highest BCUT2D eigenvalue weighted by Gasteiger charge is 2.25. The number of aromatic amines is 3. The number of nitrogens with zero attached hydrogens (tertiary/aromatic N) is 1. The van der Waals surface area contributed by atoms with Crippen molar-refractivity contribution in [2.24, 2.45) is 0 Å². The summed E-state index contributed by atoms with van der Waals surface area (Å²) in [4.78, 5) is 44.7. The van der Waals surface area contributed by atoms with E-state index < -0.39 is 22.3 Å². The van der Waals surface area contributed by atoms with Crippen molar-refractivity contribution in [1.29, 1.82) is 0 Å². The van der Waals surface area contributed by atoms with Crippen LogP contribution in [0.1, 0.15) is 19.9 Å². The lowest BCUT2D eigenvalue weighted by Crippen LogP contribution is -2.11. The first-order chi connectivity index (χ1) is 16.8. The Morgan fingerprint density at radius 1 is 1.00 bits per heavy atom. The van der Waals surface area contributed by atoms with Crippen LogP contribution in [-0.2, 0) is 0 Å². The molecule has 4 heterocycles. The maximum absolute atomic E-state index is 13.3. The van der Waals surface area contributed by atoms with Crippen molar-refractivity contribution < 1.29 is 14.3 Å². The number of phenols is 1. The molecule has 0 amide bonds. The summed E-state index contributed by atoms with van der Waals surface area (Å²) >= 11 is 0. The Balaban J connectivity index is 1.84. The van der Waals surface area contributed by atoms with E-state index in [1.54, 1.807) is 28.9 Å². The first kappa shape index (κ1) is 20.8. The summed E-state index contributed by atoms with van der Waals surface area (Å²) < 4.78 is 12.9. The summed E-state index contributed by atoms with van der Waals surface area (Å²) in [5.41, 5.74) is 0.651. The predicted molar refractivity (Wildman–Crippen MR) is 133 cm³/mol. The van der Waals surface area contributed by atoms with E-state index in [4.69, 9.17) is 9.15 Å². The number of ether oxygens (including phenoxy) is 1. The number of pyridine rings is 2. The number of benzene rings is 2. The topological polar surface area (TPSA) is 146 Å². The van der Waals surface area contributed by atoms with Crippen molar-refractivity contribution in [2.75, 3.05) is 7.11 Å². The second-order valence-electron chi connectivity index (χ2n) is 8.69. The van der Waals surface area contributed by atoms with Crippen LogP contribution in [0.15, 0.2) is 55.2 Å². The van der Waals surface area contributed by atoms with Crippen LogP contribution in [0.25, 0.3) is 55.1 Å². The molecule has 0 saturated carbocycles. The monoisotopic (exact) mass is 472 g/mol. The molecule has 0 atom stereocenters. The SMILES string of the molecule is COc1ccc2cc(-c3c4oc5c(O)c(=O)ccc5c4[nH]c4c3c(=O)[nH]n4C(C)C)c(=O)[nH]c2c1. The molecule has 2 aromatic carbocycles. The highest BCUT2D eigenvalue weighted by atomic mass is 16.5. The third-order valence-electron chi connectivity index (χ3n) is 6.28. The van der Waals surface area contributed by atoms with Crippen molar-refractivity contribution in [3.8, 4) is 22.6 Å². The molecule has 0 unspecified atom stereocenters. The fourth-order valence-electron chi connectivity index (χ4n) is 4.60. The zero-order valence-electron chi connectivity index (χ0n) is 19.0. The fraction of sp³-hybridized carbons (Fsp3) is 0.160. The number of aromatic nitrogens is 4. The number of furan rings is 1. The maximum Gasteiger partial charge on any atom is 0.274 e. The minimum Gasteiger partial charge on any atom is -0.502 e. The molecule has 0 bridgehead atoms. The van der Waals surface area contributed by atoms with Gasteiger partial charge in [0.25, 0.3) is 11.1 Å². The van der Waals surface area contributed by atoms with Crippen molar-refractivity contribution in [2.45, 2.75) is 19.9 Å². The molecule has 10 nitrogen and oxygen atoms in total. The summed E-state index contributed by atoms with van der Waals surface area (Å²) in [5.74, 6) is 0.0505. The second-order valence-corrected chi connectivity index (χ2v) is 8.69. The quantitative estimate of drug-likeness (QED) is 0.309. The maximum atomic E-state index is 13.3. The third-order valence-corrected chi connectivity index (χ3v) is 6.28. The van der Waals surface area contributed by atoms with Gasteiger partial charge in [-0.05, 0) is 49.6 Å². The van der Waals surface area contributed by atoms with Gasteiger partial charge in [-0.2, -0.15) is 0 Å². The van der Waals surface area contributed by atoms with E-state index in [-0.39, 0.29) is 33.7 Å². The lowest BCUT2D eigenvalue weighted by Gasteiger charge is -2.10. The minimum atomic E-state index is -0.593. The van der Waals surface area contributed by atoms with E-state index >= 15 is 0 Å². The molecule has 0 aliphatic rings. The average Bonchev–Trinajstić information content (AvgIpc) is 3.37. The Morgan fingerprint density at radius 2 is 1.80 bits per heavy atom. The molecular formula is C25H20N4O6. The number of hydrogen-bond acceptors (Lipinski definition) is 6. The highest BCUT2D eigenvalue weighted by Crippen LogP contribution is 2.39. The molecule has 10 heteroatoms. The Morgan fingerprint density at radius 3 is 2.54 bits per heavy atom. The van der Waals surface area contributed by atoms with E-state index in [9.17, 15) is 19.5 Å². The second kappa shape index (κ2) is 7.13.